The number of anilines is 1. The normalized spacial score (nSPS) is 12.4. The van der Waals surface area contributed by atoms with E-state index in [1.165, 1.54) is 23.1 Å². The fraction of sp³-hybridized carbons (Fsp3) is 0.440. The SMILES string of the molecule is Cc1cccc(C)c1N(CC(=O)N(Cc1ccccc1F)[C@H](C)C(=O)NCC(C)C)S(C)(=O)=O. The minimum atomic E-state index is -3.83. The predicted octanol–water partition coefficient (Wildman–Crippen LogP) is 3.40. The van der Waals surface area contributed by atoms with Gasteiger partial charge in [-0.15, -0.1) is 0 Å². The maximum atomic E-state index is 14.4. The first kappa shape index (κ1) is 27.3. The Bertz CT molecular complexity index is 1110. The Kier molecular flexibility index (Phi) is 9.21. The molecule has 186 valence electrons. The second-order valence-electron chi connectivity index (χ2n) is 8.94. The van der Waals surface area contributed by atoms with Gasteiger partial charge in [-0.25, -0.2) is 12.8 Å². The monoisotopic (exact) mass is 491 g/mol. The topological polar surface area (TPSA) is 86.8 Å². The second kappa shape index (κ2) is 11.5. The zero-order chi connectivity index (χ0) is 25.6. The third kappa shape index (κ3) is 7.03. The van der Waals surface area contributed by atoms with Gasteiger partial charge in [-0.1, -0.05) is 50.2 Å². The largest absolute Gasteiger partial charge is 0.354 e. The standard InChI is InChI=1S/C25H34FN3O4S/c1-17(2)14-27-25(31)20(5)28(15-21-12-7-8-13-22(21)26)23(30)16-29(34(6,32)33)24-18(3)10-9-11-19(24)4/h7-13,17,20H,14-16H2,1-6H3,(H,27,31)/t20-/m1/s1. The van der Waals surface area contributed by atoms with Gasteiger partial charge < -0.3 is 10.2 Å². The molecule has 2 aromatic rings. The highest BCUT2D eigenvalue weighted by Gasteiger charge is 2.31. The molecule has 0 spiro atoms. The average Bonchev–Trinajstić information content (AvgIpc) is 2.74. The van der Waals surface area contributed by atoms with Crippen molar-refractivity contribution in [3.8, 4) is 0 Å². The van der Waals surface area contributed by atoms with Crippen LogP contribution in [0.4, 0.5) is 10.1 Å². The van der Waals surface area contributed by atoms with Crippen molar-refractivity contribution in [3.05, 3.63) is 65.0 Å². The fourth-order valence-corrected chi connectivity index (χ4v) is 4.58. The number of aryl methyl sites for hydroxylation is 2. The van der Waals surface area contributed by atoms with E-state index >= 15 is 0 Å². The fourth-order valence-electron chi connectivity index (χ4n) is 3.62. The minimum absolute atomic E-state index is 0.174. The lowest BCUT2D eigenvalue weighted by Crippen LogP contribution is -2.51. The number of para-hydroxylation sites is 1. The lowest BCUT2D eigenvalue weighted by atomic mass is 10.1. The summed E-state index contributed by atoms with van der Waals surface area (Å²) in [5.41, 5.74) is 2.04. The van der Waals surface area contributed by atoms with Gasteiger partial charge in [-0.05, 0) is 43.9 Å². The number of amides is 2. The number of hydrogen-bond donors (Lipinski definition) is 1. The summed E-state index contributed by atoms with van der Waals surface area (Å²) >= 11 is 0. The quantitative estimate of drug-likeness (QED) is 0.552. The average molecular weight is 492 g/mol. The summed E-state index contributed by atoms with van der Waals surface area (Å²) in [5, 5.41) is 2.79. The number of carbonyl (C=O) groups excluding carboxylic acids is 2. The Balaban J connectivity index is 2.44. The molecule has 0 aliphatic carbocycles. The summed E-state index contributed by atoms with van der Waals surface area (Å²) in [5.74, 6) is -1.30. The van der Waals surface area contributed by atoms with Crippen LogP contribution in [0.25, 0.3) is 0 Å². The van der Waals surface area contributed by atoms with Crippen LogP contribution in [0.3, 0.4) is 0 Å². The summed E-state index contributed by atoms with van der Waals surface area (Å²) in [6, 6.07) is 10.4. The first-order valence-electron chi connectivity index (χ1n) is 11.2. The number of benzene rings is 2. The molecule has 2 rings (SSSR count). The molecule has 2 aromatic carbocycles. The van der Waals surface area contributed by atoms with Crippen LogP contribution in [0.5, 0.6) is 0 Å². The first-order chi connectivity index (χ1) is 15.8. The summed E-state index contributed by atoms with van der Waals surface area (Å²) in [7, 11) is -3.83. The van der Waals surface area contributed by atoms with Crippen molar-refractivity contribution in [2.24, 2.45) is 5.92 Å². The van der Waals surface area contributed by atoms with Gasteiger partial charge in [0.05, 0.1) is 11.9 Å². The number of hydrogen-bond acceptors (Lipinski definition) is 4. The van der Waals surface area contributed by atoms with Gasteiger partial charge in [0.25, 0.3) is 0 Å². The molecule has 1 N–H and O–H groups in total. The maximum Gasteiger partial charge on any atom is 0.244 e. The number of carbonyl (C=O) groups is 2. The smallest absolute Gasteiger partial charge is 0.244 e. The van der Waals surface area contributed by atoms with E-state index in [4.69, 9.17) is 0 Å². The molecule has 0 fully saturated rings. The Morgan fingerprint density at radius 1 is 1.00 bits per heavy atom. The highest BCUT2D eigenvalue weighted by atomic mass is 32.2. The lowest BCUT2D eigenvalue weighted by molar-refractivity contribution is -0.139. The molecular formula is C25H34FN3O4S. The molecule has 0 bridgehead atoms. The Labute approximate surface area is 202 Å². The number of sulfonamides is 1. The van der Waals surface area contributed by atoms with Crippen molar-refractivity contribution in [3.63, 3.8) is 0 Å². The molecule has 0 saturated heterocycles. The summed E-state index contributed by atoms with van der Waals surface area (Å²) < 4.78 is 40.9. The predicted molar refractivity (Wildman–Crippen MR) is 132 cm³/mol. The second-order valence-corrected chi connectivity index (χ2v) is 10.8. The molecule has 0 radical (unpaired) electrons. The van der Waals surface area contributed by atoms with E-state index in [-0.39, 0.29) is 18.0 Å². The Morgan fingerprint density at radius 3 is 2.12 bits per heavy atom. The molecule has 0 heterocycles. The van der Waals surface area contributed by atoms with Crippen molar-refractivity contribution >= 4 is 27.5 Å². The number of nitrogens with zero attached hydrogens (tertiary/aromatic N) is 2. The summed E-state index contributed by atoms with van der Waals surface area (Å²) in [4.78, 5) is 27.5. The van der Waals surface area contributed by atoms with Crippen LogP contribution in [0.1, 0.15) is 37.5 Å². The van der Waals surface area contributed by atoms with Crippen LogP contribution in [0, 0.1) is 25.6 Å². The van der Waals surface area contributed by atoms with Crippen molar-refractivity contribution in [2.45, 2.75) is 47.2 Å². The van der Waals surface area contributed by atoms with Crippen LogP contribution in [-0.4, -0.2) is 50.5 Å². The molecular weight excluding hydrogens is 457 g/mol. The molecule has 0 saturated carbocycles. The van der Waals surface area contributed by atoms with Gasteiger partial charge in [0.1, 0.15) is 18.4 Å². The van der Waals surface area contributed by atoms with Gasteiger partial charge in [-0.2, -0.15) is 0 Å². The molecule has 0 aromatic heterocycles. The van der Waals surface area contributed by atoms with E-state index in [0.717, 1.165) is 10.6 Å². The van der Waals surface area contributed by atoms with Crippen LogP contribution in [-0.2, 0) is 26.2 Å². The van der Waals surface area contributed by atoms with Gasteiger partial charge >= 0.3 is 0 Å². The van der Waals surface area contributed by atoms with E-state index in [9.17, 15) is 22.4 Å². The maximum absolute atomic E-state index is 14.4. The van der Waals surface area contributed by atoms with E-state index in [1.807, 2.05) is 19.9 Å². The Morgan fingerprint density at radius 2 is 1.59 bits per heavy atom. The molecule has 0 aliphatic heterocycles. The lowest BCUT2D eigenvalue weighted by Gasteiger charge is -2.32. The van der Waals surface area contributed by atoms with Gasteiger partial charge in [0.2, 0.25) is 21.8 Å². The highest BCUT2D eigenvalue weighted by molar-refractivity contribution is 7.92. The molecule has 34 heavy (non-hydrogen) atoms. The Hall–Kier alpha value is -2.94. The van der Waals surface area contributed by atoms with Crippen molar-refractivity contribution in [1.29, 1.82) is 0 Å². The molecule has 7 nitrogen and oxygen atoms in total. The minimum Gasteiger partial charge on any atom is -0.354 e. The van der Waals surface area contributed by atoms with Crippen molar-refractivity contribution in [1.82, 2.24) is 10.2 Å². The molecule has 0 aliphatic rings. The van der Waals surface area contributed by atoms with E-state index < -0.39 is 40.2 Å². The first-order valence-corrected chi connectivity index (χ1v) is 13.0. The van der Waals surface area contributed by atoms with Crippen molar-refractivity contribution in [2.75, 3.05) is 23.7 Å². The third-order valence-electron chi connectivity index (χ3n) is 5.52. The van der Waals surface area contributed by atoms with Crippen LogP contribution in [0.15, 0.2) is 42.5 Å². The molecule has 0 unspecified atom stereocenters. The number of rotatable bonds is 10. The zero-order valence-corrected chi connectivity index (χ0v) is 21.4. The van der Waals surface area contributed by atoms with Gasteiger partial charge in [-0.3, -0.25) is 13.9 Å². The van der Waals surface area contributed by atoms with Crippen LogP contribution in [0.2, 0.25) is 0 Å². The molecule has 2 amide bonds. The molecule has 9 heteroatoms. The van der Waals surface area contributed by atoms with Crippen molar-refractivity contribution < 1.29 is 22.4 Å². The highest BCUT2D eigenvalue weighted by Crippen LogP contribution is 2.27. The molecule has 1 atom stereocenters. The summed E-state index contributed by atoms with van der Waals surface area (Å²) in [6.45, 7) is 8.71. The van der Waals surface area contributed by atoms with Crippen LogP contribution < -0.4 is 9.62 Å². The van der Waals surface area contributed by atoms with Gasteiger partial charge in [0, 0.05) is 18.7 Å². The van der Waals surface area contributed by atoms with E-state index in [0.29, 0.717) is 23.4 Å². The number of halogens is 1. The van der Waals surface area contributed by atoms with Crippen LogP contribution >= 0.6 is 0 Å². The van der Waals surface area contributed by atoms with E-state index in [1.54, 1.807) is 39.0 Å². The zero-order valence-electron chi connectivity index (χ0n) is 20.6. The number of nitrogens with one attached hydrogen (secondary N) is 1. The summed E-state index contributed by atoms with van der Waals surface area (Å²) in [6.07, 6.45) is 1.03. The third-order valence-corrected chi connectivity index (χ3v) is 6.63. The van der Waals surface area contributed by atoms with E-state index in [2.05, 4.69) is 5.32 Å². The van der Waals surface area contributed by atoms with Gasteiger partial charge in [0.15, 0.2) is 0 Å².